The van der Waals surface area contributed by atoms with Crippen molar-refractivity contribution in [2.45, 2.75) is 64.6 Å². The highest BCUT2D eigenvalue weighted by Crippen LogP contribution is 2.14. The third-order valence-corrected chi connectivity index (χ3v) is 4.79. The molecule has 0 unspecified atom stereocenters. The third-order valence-electron chi connectivity index (χ3n) is 4.79. The molecular weight excluding hydrogens is 428 g/mol. The molecule has 0 heterocycles. The molecule has 0 fully saturated rings. The van der Waals surface area contributed by atoms with Crippen LogP contribution in [0.15, 0.2) is 0 Å². The Kier molecular flexibility index (Phi) is 16.1. The zero-order valence-electron chi connectivity index (χ0n) is 19.1. The van der Waals surface area contributed by atoms with Crippen LogP contribution in [0.5, 0.6) is 0 Å². The van der Waals surface area contributed by atoms with Crippen molar-refractivity contribution >= 4 is 23.9 Å². The van der Waals surface area contributed by atoms with Crippen LogP contribution in [0.2, 0.25) is 0 Å². The number of nitrogens with one attached hydrogen (secondary N) is 2. The highest BCUT2D eigenvalue weighted by molar-refractivity contribution is 5.75. The van der Waals surface area contributed by atoms with Crippen molar-refractivity contribution in [1.82, 2.24) is 11.0 Å². The Balaban J connectivity index is 4.04. The SMILES string of the molecule is COC(=O)[C@H](C)[C@@H](CC(=O)O)ONCCCCCCNO[C@H](CC(=O)O)[C@@H](C)C(=O)OC. The summed E-state index contributed by atoms with van der Waals surface area (Å²) in [5, 5.41) is 17.9. The molecule has 0 aromatic rings. The Bertz CT molecular complexity index is 537. The second kappa shape index (κ2) is 17.3. The average Bonchev–Trinajstić information content (AvgIpc) is 2.75. The number of carbonyl (C=O) groups is 4. The second-order valence-electron chi connectivity index (χ2n) is 7.33. The van der Waals surface area contributed by atoms with Crippen LogP contribution in [0.3, 0.4) is 0 Å². The summed E-state index contributed by atoms with van der Waals surface area (Å²) in [6.07, 6.45) is 0.887. The summed E-state index contributed by atoms with van der Waals surface area (Å²) in [7, 11) is 2.46. The van der Waals surface area contributed by atoms with Gasteiger partial charge in [-0.15, -0.1) is 0 Å². The minimum Gasteiger partial charge on any atom is -0.481 e. The van der Waals surface area contributed by atoms with E-state index in [0.29, 0.717) is 13.1 Å². The van der Waals surface area contributed by atoms with Gasteiger partial charge in [0.1, 0.15) is 12.2 Å². The van der Waals surface area contributed by atoms with Crippen LogP contribution in [0.25, 0.3) is 0 Å². The summed E-state index contributed by atoms with van der Waals surface area (Å²) in [5.74, 6) is -4.68. The summed E-state index contributed by atoms with van der Waals surface area (Å²) in [4.78, 5) is 55.7. The number of methoxy groups -OCH3 is 2. The van der Waals surface area contributed by atoms with E-state index >= 15 is 0 Å². The lowest BCUT2D eigenvalue weighted by atomic mass is 10.0. The minimum atomic E-state index is -1.08. The first-order chi connectivity index (χ1) is 15.1. The van der Waals surface area contributed by atoms with E-state index in [1.165, 1.54) is 14.2 Å². The van der Waals surface area contributed by atoms with Gasteiger partial charge in [-0.3, -0.25) is 28.9 Å². The first kappa shape index (κ1) is 29.7. The van der Waals surface area contributed by atoms with E-state index in [0.717, 1.165) is 25.7 Å². The van der Waals surface area contributed by atoms with Crippen LogP contribution in [0.1, 0.15) is 52.4 Å². The Morgan fingerprint density at radius 3 is 1.31 bits per heavy atom. The van der Waals surface area contributed by atoms with E-state index in [1.807, 2.05) is 0 Å². The summed E-state index contributed by atoms with van der Waals surface area (Å²) < 4.78 is 9.24. The van der Waals surface area contributed by atoms with Gasteiger partial charge in [0.25, 0.3) is 0 Å². The number of carboxylic acids is 2. The highest BCUT2D eigenvalue weighted by Gasteiger charge is 2.29. The lowest BCUT2D eigenvalue weighted by Crippen LogP contribution is -2.36. The molecule has 0 rings (SSSR count). The zero-order valence-corrected chi connectivity index (χ0v) is 19.1. The van der Waals surface area contributed by atoms with E-state index in [1.54, 1.807) is 13.8 Å². The van der Waals surface area contributed by atoms with Gasteiger partial charge in [-0.2, -0.15) is 0 Å². The van der Waals surface area contributed by atoms with Crippen molar-refractivity contribution in [3.63, 3.8) is 0 Å². The summed E-state index contributed by atoms with van der Waals surface area (Å²) >= 11 is 0. The van der Waals surface area contributed by atoms with E-state index < -0.39 is 47.9 Å². The summed E-state index contributed by atoms with van der Waals surface area (Å²) in [6, 6.07) is 0. The Morgan fingerprint density at radius 2 is 1.03 bits per heavy atom. The van der Waals surface area contributed by atoms with Crippen molar-refractivity contribution in [3.8, 4) is 0 Å². The van der Waals surface area contributed by atoms with Gasteiger partial charge in [0, 0.05) is 13.1 Å². The molecule has 0 aliphatic rings. The van der Waals surface area contributed by atoms with E-state index in [2.05, 4.69) is 20.4 Å². The molecule has 0 saturated carbocycles. The van der Waals surface area contributed by atoms with E-state index in [-0.39, 0.29) is 12.8 Å². The molecule has 12 nitrogen and oxygen atoms in total. The fourth-order valence-electron chi connectivity index (χ4n) is 2.74. The normalized spacial score (nSPS) is 14.8. The fraction of sp³-hybridized carbons (Fsp3) is 0.800. The second-order valence-corrected chi connectivity index (χ2v) is 7.33. The maximum atomic E-state index is 11.6. The number of carbonyl (C=O) groups excluding carboxylic acids is 2. The number of hydroxylamine groups is 2. The van der Waals surface area contributed by atoms with E-state index in [4.69, 9.17) is 19.9 Å². The monoisotopic (exact) mass is 464 g/mol. The van der Waals surface area contributed by atoms with Crippen LogP contribution in [0, 0.1) is 11.8 Å². The Morgan fingerprint density at radius 1 is 0.688 bits per heavy atom. The molecule has 12 heteroatoms. The lowest BCUT2D eigenvalue weighted by Gasteiger charge is -2.21. The van der Waals surface area contributed by atoms with Gasteiger partial charge in [0.2, 0.25) is 0 Å². The molecule has 0 aliphatic carbocycles. The van der Waals surface area contributed by atoms with Gasteiger partial charge < -0.3 is 19.7 Å². The van der Waals surface area contributed by atoms with Crippen LogP contribution in [-0.4, -0.2) is 73.6 Å². The average molecular weight is 465 g/mol. The van der Waals surface area contributed by atoms with E-state index in [9.17, 15) is 19.2 Å². The van der Waals surface area contributed by atoms with Crippen LogP contribution in [0.4, 0.5) is 0 Å². The molecule has 0 spiro atoms. The molecule has 0 aromatic heterocycles. The highest BCUT2D eigenvalue weighted by atomic mass is 16.7. The predicted octanol–water partition coefficient (Wildman–Crippen LogP) is 0.894. The molecule has 32 heavy (non-hydrogen) atoms. The van der Waals surface area contributed by atoms with Gasteiger partial charge in [-0.1, -0.05) is 12.8 Å². The number of unbranched alkanes of at least 4 members (excludes halogenated alkanes) is 3. The number of hydrogen-bond donors (Lipinski definition) is 4. The quantitative estimate of drug-likeness (QED) is 0.121. The lowest BCUT2D eigenvalue weighted by molar-refractivity contribution is -0.159. The van der Waals surface area contributed by atoms with Crippen LogP contribution < -0.4 is 11.0 Å². The molecule has 0 aromatic carbocycles. The standard InChI is InChI=1S/C20H36N2O10/c1-13(19(27)29-3)15(11-17(23)24)31-21-9-7-5-6-8-10-22-32-16(12-18(25)26)14(2)20(28)30-4/h13-16,21-22H,5-12H2,1-4H3,(H,23,24)(H,25,26)/t13-,14-,15-,16-/m1/s1. The first-order valence-corrected chi connectivity index (χ1v) is 10.5. The smallest absolute Gasteiger partial charge is 0.311 e. The van der Waals surface area contributed by atoms with Gasteiger partial charge in [0.15, 0.2) is 0 Å². The molecule has 0 radical (unpaired) electrons. The summed E-state index contributed by atoms with van der Waals surface area (Å²) in [5.41, 5.74) is 5.41. The van der Waals surface area contributed by atoms with Crippen LogP contribution >= 0.6 is 0 Å². The molecule has 0 aliphatic heterocycles. The van der Waals surface area contributed by atoms with Crippen molar-refractivity contribution < 1.29 is 48.5 Å². The van der Waals surface area contributed by atoms with Gasteiger partial charge >= 0.3 is 23.9 Å². The number of aliphatic carboxylic acids is 2. The predicted molar refractivity (Wildman–Crippen MR) is 111 cm³/mol. The number of ether oxygens (including phenoxy) is 2. The van der Waals surface area contributed by atoms with Crippen molar-refractivity contribution in [3.05, 3.63) is 0 Å². The largest absolute Gasteiger partial charge is 0.481 e. The molecule has 0 amide bonds. The molecular formula is C20H36N2O10. The minimum absolute atomic E-state index is 0.327. The molecule has 4 atom stereocenters. The van der Waals surface area contributed by atoms with Gasteiger partial charge in [-0.25, -0.2) is 11.0 Å². The topological polar surface area (TPSA) is 170 Å². The fourth-order valence-corrected chi connectivity index (χ4v) is 2.74. The van der Waals surface area contributed by atoms with Crippen molar-refractivity contribution in [1.29, 1.82) is 0 Å². The maximum absolute atomic E-state index is 11.6. The number of carboxylic acid groups (broad SMARTS) is 2. The third kappa shape index (κ3) is 13.2. The Hall–Kier alpha value is -2.28. The molecule has 0 bridgehead atoms. The van der Waals surface area contributed by atoms with Crippen LogP contribution in [-0.2, 0) is 38.3 Å². The molecule has 186 valence electrons. The van der Waals surface area contributed by atoms with Gasteiger partial charge in [0.05, 0.1) is 38.9 Å². The molecule has 0 saturated heterocycles. The maximum Gasteiger partial charge on any atom is 0.311 e. The number of esters is 2. The van der Waals surface area contributed by atoms with Gasteiger partial charge in [-0.05, 0) is 26.7 Å². The zero-order chi connectivity index (χ0) is 24.5. The van der Waals surface area contributed by atoms with Crippen molar-refractivity contribution in [2.75, 3.05) is 27.3 Å². The Labute approximate surface area is 187 Å². The van der Waals surface area contributed by atoms with Crippen molar-refractivity contribution in [2.24, 2.45) is 11.8 Å². The summed E-state index contributed by atoms with van der Waals surface area (Å²) in [6.45, 7) is 4.04. The number of rotatable bonds is 19. The molecule has 4 N–H and O–H groups in total. The first-order valence-electron chi connectivity index (χ1n) is 10.5. The number of hydrogen-bond acceptors (Lipinski definition) is 10.